The van der Waals surface area contributed by atoms with Crippen molar-refractivity contribution >= 4 is 27.5 Å². The molecule has 1 saturated heterocycles. The Labute approximate surface area is 152 Å². The number of nitrogens with zero attached hydrogens (tertiary/aromatic N) is 3. The summed E-state index contributed by atoms with van der Waals surface area (Å²) in [5.41, 5.74) is 0.0824. The average molecular weight is 389 g/mol. The third-order valence-corrected chi connectivity index (χ3v) is 6.71. The van der Waals surface area contributed by atoms with Crippen LogP contribution in [0.15, 0.2) is 29.2 Å². The smallest absolute Gasteiger partial charge is 0.284 e. The normalized spacial score (nSPS) is 17.7. The number of para-hydroxylation sites is 1. The first-order chi connectivity index (χ1) is 11.9. The van der Waals surface area contributed by atoms with Gasteiger partial charge in [0.05, 0.1) is 23.0 Å². The van der Waals surface area contributed by atoms with Crippen LogP contribution in [-0.2, 0) is 14.6 Å². The molecule has 0 unspecified atom stereocenters. The van der Waals surface area contributed by atoms with Gasteiger partial charge in [0.1, 0.15) is 4.90 Å². The molecule has 0 saturated carbocycles. The molecule has 0 bridgehead atoms. The number of ether oxygens (including phenoxy) is 1. The predicted molar refractivity (Wildman–Crippen MR) is 97.5 cm³/mol. The van der Waals surface area contributed by atoms with Gasteiger partial charge in [-0.25, -0.2) is 12.7 Å². The first-order valence-electron chi connectivity index (χ1n) is 7.99. The molecule has 0 N–H and O–H groups in total. The number of hydrogen-bond acceptors (Lipinski definition) is 8. The fourth-order valence-electron chi connectivity index (χ4n) is 2.45. The molecule has 1 aromatic carbocycles. The second-order valence-electron chi connectivity index (χ2n) is 5.73. The van der Waals surface area contributed by atoms with E-state index in [4.69, 9.17) is 4.74 Å². The molecule has 0 aromatic heterocycles. The van der Waals surface area contributed by atoms with Gasteiger partial charge in [-0.05, 0) is 18.0 Å². The van der Waals surface area contributed by atoms with E-state index in [1.54, 1.807) is 25.3 Å². The summed E-state index contributed by atoms with van der Waals surface area (Å²) < 4.78 is 30.1. The second kappa shape index (κ2) is 9.48. The fourth-order valence-corrected chi connectivity index (χ4v) is 4.72. The number of benzene rings is 1. The molecule has 0 spiro atoms. The summed E-state index contributed by atoms with van der Waals surface area (Å²) >= 11 is 1.34. The van der Waals surface area contributed by atoms with Crippen LogP contribution in [0.2, 0.25) is 0 Å². The third kappa shape index (κ3) is 6.55. The topological polar surface area (TPSA) is 93.0 Å². The lowest BCUT2D eigenvalue weighted by atomic mass is 10.3. The number of nitro groups is 1. The molecule has 25 heavy (non-hydrogen) atoms. The minimum Gasteiger partial charge on any atom is -0.383 e. The van der Waals surface area contributed by atoms with Crippen molar-refractivity contribution in [2.75, 3.05) is 57.9 Å². The Morgan fingerprint density at radius 3 is 2.60 bits per heavy atom. The molecule has 10 heteroatoms. The number of hydrogen-bond donors (Lipinski definition) is 0. The van der Waals surface area contributed by atoms with Gasteiger partial charge in [0.2, 0.25) is 0 Å². The van der Waals surface area contributed by atoms with Crippen molar-refractivity contribution < 1.29 is 18.1 Å². The number of sulfone groups is 1. The lowest BCUT2D eigenvalue weighted by Crippen LogP contribution is -2.43. The van der Waals surface area contributed by atoms with Gasteiger partial charge < -0.3 is 9.64 Å². The molecule has 140 valence electrons. The lowest BCUT2D eigenvalue weighted by molar-refractivity contribution is -0.387. The van der Waals surface area contributed by atoms with E-state index in [2.05, 4.69) is 4.90 Å². The van der Waals surface area contributed by atoms with Crippen LogP contribution in [0.4, 0.5) is 5.69 Å². The van der Waals surface area contributed by atoms with Crippen LogP contribution in [0.3, 0.4) is 0 Å². The summed E-state index contributed by atoms with van der Waals surface area (Å²) in [5, 5.41) is 11.2. The van der Waals surface area contributed by atoms with Crippen molar-refractivity contribution in [1.82, 2.24) is 9.21 Å². The quantitative estimate of drug-likeness (QED) is 0.354. The van der Waals surface area contributed by atoms with Gasteiger partial charge in [-0.3, -0.25) is 10.1 Å². The minimum atomic E-state index is -2.89. The summed E-state index contributed by atoms with van der Waals surface area (Å²) in [7, 11) is -1.27. The van der Waals surface area contributed by atoms with Crippen molar-refractivity contribution in [3.8, 4) is 0 Å². The fraction of sp³-hybridized carbons (Fsp3) is 0.600. The zero-order valence-electron chi connectivity index (χ0n) is 14.2. The largest absolute Gasteiger partial charge is 0.383 e. The van der Waals surface area contributed by atoms with Gasteiger partial charge in [0.25, 0.3) is 5.69 Å². The molecule has 0 amide bonds. The summed E-state index contributed by atoms with van der Waals surface area (Å²) in [4.78, 5) is 13.5. The molecule has 1 heterocycles. The molecule has 1 aliphatic rings. The lowest BCUT2D eigenvalue weighted by Gasteiger charge is -2.29. The number of nitro benzene ring substituents is 1. The summed E-state index contributed by atoms with van der Waals surface area (Å²) in [6, 6.07) is 6.65. The maximum Gasteiger partial charge on any atom is 0.284 e. The highest BCUT2D eigenvalue weighted by Crippen LogP contribution is 2.31. The van der Waals surface area contributed by atoms with Crippen LogP contribution in [0.5, 0.6) is 0 Å². The highest BCUT2D eigenvalue weighted by Gasteiger charge is 2.22. The van der Waals surface area contributed by atoms with Crippen molar-refractivity contribution in [3.63, 3.8) is 0 Å². The van der Waals surface area contributed by atoms with Crippen LogP contribution in [-0.4, -0.2) is 80.5 Å². The van der Waals surface area contributed by atoms with Crippen molar-refractivity contribution in [1.29, 1.82) is 0 Å². The van der Waals surface area contributed by atoms with E-state index >= 15 is 0 Å². The van der Waals surface area contributed by atoms with Gasteiger partial charge in [0, 0.05) is 45.9 Å². The maximum atomic E-state index is 11.5. The van der Waals surface area contributed by atoms with Gasteiger partial charge in [-0.1, -0.05) is 12.1 Å². The maximum absolute atomic E-state index is 11.5. The summed E-state index contributed by atoms with van der Waals surface area (Å²) in [6.45, 7) is 3.60. The van der Waals surface area contributed by atoms with Crippen LogP contribution >= 0.6 is 11.9 Å². The highest BCUT2D eigenvalue weighted by molar-refractivity contribution is 7.97. The number of rotatable bonds is 9. The molecule has 2 rings (SSSR count). The molecule has 0 atom stereocenters. The highest BCUT2D eigenvalue weighted by atomic mass is 32.2. The average Bonchev–Trinajstić information content (AvgIpc) is 2.58. The number of methoxy groups -OCH3 is 1. The van der Waals surface area contributed by atoms with Crippen LogP contribution in [0.25, 0.3) is 0 Å². The molecule has 1 aliphatic heterocycles. The predicted octanol–water partition coefficient (Wildman–Crippen LogP) is 1.28. The standard InChI is InChI=1S/C15H23N3O5S2/c1-23-11-8-17(7-6-16-9-12-25(21,22)13-10-16)24-15-5-3-2-4-14(15)18(19)20/h2-5H,6-13H2,1H3. The van der Waals surface area contributed by atoms with Gasteiger partial charge >= 0.3 is 0 Å². The zero-order chi connectivity index (χ0) is 18.3. The summed E-state index contributed by atoms with van der Waals surface area (Å²) in [6.07, 6.45) is 0. The zero-order valence-corrected chi connectivity index (χ0v) is 15.8. The summed E-state index contributed by atoms with van der Waals surface area (Å²) in [5.74, 6) is 0.394. The minimum absolute atomic E-state index is 0.0824. The molecule has 1 aromatic rings. The van der Waals surface area contributed by atoms with Crippen LogP contribution < -0.4 is 0 Å². The molecular formula is C15H23N3O5S2. The van der Waals surface area contributed by atoms with Gasteiger partial charge in [0.15, 0.2) is 9.84 Å². The van der Waals surface area contributed by atoms with E-state index in [0.29, 0.717) is 44.2 Å². The van der Waals surface area contributed by atoms with Gasteiger partial charge in [-0.15, -0.1) is 0 Å². The SMILES string of the molecule is COCCN(CCN1CCS(=O)(=O)CC1)Sc1ccccc1[N+](=O)[O-]. The van der Waals surface area contributed by atoms with Gasteiger partial charge in [-0.2, -0.15) is 0 Å². The Morgan fingerprint density at radius 1 is 1.28 bits per heavy atom. The van der Waals surface area contributed by atoms with Crippen LogP contribution in [0.1, 0.15) is 0 Å². The Morgan fingerprint density at radius 2 is 1.96 bits per heavy atom. The van der Waals surface area contributed by atoms with E-state index in [0.717, 1.165) is 0 Å². The van der Waals surface area contributed by atoms with Crippen LogP contribution in [0, 0.1) is 10.1 Å². The van der Waals surface area contributed by atoms with E-state index in [-0.39, 0.29) is 22.1 Å². The Bertz CT molecular complexity index is 669. The molecular weight excluding hydrogens is 366 g/mol. The van der Waals surface area contributed by atoms with Crippen molar-refractivity contribution in [2.24, 2.45) is 0 Å². The molecule has 8 nitrogen and oxygen atoms in total. The second-order valence-corrected chi connectivity index (χ2v) is 9.17. The van der Waals surface area contributed by atoms with Crippen molar-refractivity contribution in [3.05, 3.63) is 34.4 Å². The first-order valence-corrected chi connectivity index (χ1v) is 10.6. The molecule has 1 fully saturated rings. The monoisotopic (exact) mass is 389 g/mol. The Balaban J connectivity index is 1.96. The first kappa shape index (κ1) is 20.1. The molecule has 0 aliphatic carbocycles. The Kier molecular flexibility index (Phi) is 7.63. The van der Waals surface area contributed by atoms with E-state index in [1.165, 1.54) is 18.0 Å². The van der Waals surface area contributed by atoms with E-state index in [9.17, 15) is 18.5 Å². The van der Waals surface area contributed by atoms with Crippen molar-refractivity contribution in [2.45, 2.75) is 4.90 Å². The van der Waals surface area contributed by atoms with E-state index in [1.807, 2.05) is 4.31 Å². The third-order valence-electron chi connectivity index (χ3n) is 3.94. The Hall–Kier alpha value is -1.20. The molecule has 0 radical (unpaired) electrons. The van der Waals surface area contributed by atoms with E-state index < -0.39 is 9.84 Å².